The monoisotopic (exact) mass is 487 g/mol. The third kappa shape index (κ3) is 7.28. The normalized spacial score (nSPS) is 10.9. The van der Waals surface area contributed by atoms with Gasteiger partial charge in [-0.05, 0) is 37.1 Å². The van der Waals surface area contributed by atoms with Crippen LogP contribution in [0.5, 0.6) is 11.5 Å². The highest BCUT2D eigenvalue weighted by molar-refractivity contribution is 14.0. The standard InChI is InChI=1S/C19H29N5O2.HI/c1-5-11-26-17-8-7-15(12-18(17)25-4)13-21-19(20-6-2)22-14-16-9-10-23-24(16)3;/h7-10,12H,5-6,11,13-14H2,1-4H3,(H2,20,21,22);1H. The molecular weight excluding hydrogens is 457 g/mol. The topological polar surface area (TPSA) is 72.7 Å². The molecule has 1 aromatic carbocycles. The summed E-state index contributed by atoms with van der Waals surface area (Å²) in [7, 11) is 3.58. The van der Waals surface area contributed by atoms with Crippen molar-refractivity contribution in [3.63, 3.8) is 0 Å². The molecule has 1 aromatic heterocycles. The van der Waals surface area contributed by atoms with E-state index in [0.29, 0.717) is 19.7 Å². The van der Waals surface area contributed by atoms with Gasteiger partial charge >= 0.3 is 0 Å². The zero-order chi connectivity index (χ0) is 18.8. The summed E-state index contributed by atoms with van der Waals surface area (Å²) in [6.07, 6.45) is 2.75. The maximum Gasteiger partial charge on any atom is 0.191 e. The van der Waals surface area contributed by atoms with Crippen molar-refractivity contribution in [2.75, 3.05) is 20.3 Å². The molecule has 150 valence electrons. The number of guanidine groups is 1. The lowest BCUT2D eigenvalue weighted by atomic mass is 10.2. The van der Waals surface area contributed by atoms with Crippen molar-refractivity contribution in [3.8, 4) is 11.5 Å². The lowest BCUT2D eigenvalue weighted by Gasteiger charge is -2.13. The van der Waals surface area contributed by atoms with Gasteiger partial charge in [-0.1, -0.05) is 13.0 Å². The molecule has 2 rings (SSSR count). The number of nitrogens with zero attached hydrogens (tertiary/aromatic N) is 3. The summed E-state index contributed by atoms with van der Waals surface area (Å²) in [4.78, 5) is 4.65. The summed E-state index contributed by atoms with van der Waals surface area (Å²) in [6.45, 7) is 6.81. The van der Waals surface area contributed by atoms with Crippen LogP contribution in [0.15, 0.2) is 35.5 Å². The van der Waals surface area contributed by atoms with Crippen LogP contribution in [0, 0.1) is 0 Å². The van der Waals surface area contributed by atoms with E-state index in [4.69, 9.17) is 9.47 Å². The Labute approximate surface area is 178 Å². The van der Waals surface area contributed by atoms with Crippen LogP contribution < -0.4 is 20.1 Å². The van der Waals surface area contributed by atoms with Crippen LogP contribution in [0.4, 0.5) is 0 Å². The minimum absolute atomic E-state index is 0. The first-order chi connectivity index (χ1) is 12.7. The summed E-state index contributed by atoms with van der Waals surface area (Å²) in [5, 5.41) is 10.8. The summed E-state index contributed by atoms with van der Waals surface area (Å²) >= 11 is 0. The number of methoxy groups -OCH3 is 1. The zero-order valence-electron chi connectivity index (χ0n) is 16.5. The van der Waals surface area contributed by atoms with Crippen LogP contribution in [0.2, 0.25) is 0 Å². The first kappa shape index (κ1) is 23.1. The van der Waals surface area contributed by atoms with Crippen LogP contribution in [0.1, 0.15) is 31.5 Å². The Morgan fingerprint density at radius 2 is 2.00 bits per heavy atom. The number of ether oxygens (including phenoxy) is 2. The minimum Gasteiger partial charge on any atom is -0.493 e. The van der Waals surface area contributed by atoms with E-state index in [1.807, 2.05) is 42.9 Å². The van der Waals surface area contributed by atoms with E-state index < -0.39 is 0 Å². The molecular formula is C19H30IN5O2. The maximum atomic E-state index is 5.69. The van der Waals surface area contributed by atoms with Crippen LogP contribution in [0.3, 0.4) is 0 Å². The number of halogens is 1. The van der Waals surface area contributed by atoms with E-state index in [9.17, 15) is 0 Å². The summed E-state index contributed by atoms with van der Waals surface area (Å²) < 4.78 is 13.0. The Kier molecular flexibility index (Phi) is 10.6. The number of aromatic nitrogens is 2. The van der Waals surface area contributed by atoms with Crippen molar-refractivity contribution in [2.24, 2.45) is 12.0 Å². The molecule has 7 nitrogen and oxygen atoms in total. The number of aliphatic imine (C=N–C) groups is 1. The largest absolute Gasteiger partial charge is 0.493 e. The van der Waals surface area contributed by atoms with Crippen molar-refractivity contribution in [1.82, 2.24) is 20.4 Å². The van der Waals surface area contributed by atoms with Crippen molar-refractivity contribution in [3.05, 3.63) is 41.7 Å². The van der Waals surface area contributed by atoms with Gasteiger partial charge in [0, 0.05) is 19.8 Å². The first-order valence-electron chi connectivity index (χ1n) is 8.96. The van der Waals surface area contributed by atoms with Crippen molar-refractivity contribution in [1.29, 1.82) is 0 Å². The Morgan fingerprint density at radius 3 is 2.63 bits per heavy atom. The molecule has 27 heavy (non-hydrogen) atoms. The third-order valence-electron chi connectivity index (χ3n) is 3.81. The van der Waals surface area contributed by atoms with E-state index in [-0.39, 0.29) is 24.0 Å². The van der Waals surface area contributed by atoms with Gasteiger partial charge in [0.2, 0.25) is 0 Å². The Morgan fingerprint density at radius 1 is 1.19 bits per heavy atom. The molecule has 0 aliphatic rings. The molecule has 1 heterocycles. The van der Waals surface area contributed by atoms with Gasteiger partial charge in [0.05, 0.1) is 32.5 Å². The molecule has 2 aromatic rings. The fourth-order valence-electron chi connectivity index (χ4n) is 2.40. The molecule has 8 heteroatoms. The molecule has 0 aliphatic carbocycles. The van der Waals surface area contributed by atoms with Gasteiger partial charge in [0.15, 0.2) is 17.5 Å². The molecule has 0 radical (unpaired) electrons. The van der Waals surface area contributed by atoms with Crippen molar-refractivity contribution >= 4 is 29.9 Å². The van der Waals surface area contributed by atoms with Gasteiger partial charge < -0.3 is 20.1 Å². The van der Waals surface area contributed by atoms with E-state index in [1.54, 1.807) is 13.3 Å². The quantitative estimate of drug-likeness (QED) is 0.323. The van der Waals surface area contributed by atoms with E-state index in [1.165, 1.54) is 0 Å². The molecule has 0 bridgehead atoms. The molecule has 0 fully saturated rings. The number of rotatable bonds is 9. The zero-order valence-corrected chi connectivity index (χ0v) is 18.8. The fraction of sp³-hybridized carbons (Fsp3) is 0.474. The highest BCUT2D eigenvalue weighted by atomic mass is 127. The molecule has 0 atom stereocenters. The Balaban J connectivity index is 0.00000364. The second-order valence-electron chi connectivity index (χ2n) is 5.83. The second-order valence-corrected chi connectivity index (χ2v) is 5.83. The van der Waals surface area contributed by atoms with Gasteiger partial charge in [-0.15, -0.1) is 24.0 Å². The molecule has 0 aliphatic heterocycles. The molecule has 2 N–H and O–H groups in total. The molecule has 0 saturated heterocycles. The summed E-state index contributed by atoms with van der Waals surface area (Å²) in [5.74, 6) is 2.27. The smallest absolute Gasteiger partial charge is 0.191 e. The lowest BCUT2D eigenvalue weighted by molar-refractivity contribution is 0.294. The van der Waals surface area contributed by atoms with E-state index in [2.05, 4.69) is 27.6 Å². The average Bonchev–Trinajstić information content (AvgIpc) is 3.07. The SMILES string of the molecule is CCCOc1ccc(CN=C(NCC)NCc2ccnn2C)cc1OC.I. The van der Waals surface area contributed by atoms with Gasteiger partial charge in [0.25, 0.3) is 0 Å². The highest BCUT2D eigenvalue weighted by Crippen LogP contribution is 2.28. The van der Waals surface area contributed by atoms with E-state index in [0.717, 1.165) is 41.7 Å². The predicted molar refractivity (Wildman–Crippen MR) is 119 cm³/mol. The number of benzene rings is 1. The predicted octanol–water partition coefficient (Wildman–Crippen LogP) is 3.09. The van der Waals surface area contributed by atoms with Crippen LogP contribution in [0.25, 0.3) is 0 Å². The fourth-order valence-corrected chi connectivity index (χ4v) is 2.40. The molecule has 0 spiro atoms. The van der Waals surface area contributed by atoms with Gasteiger partial charge in [-0.25, -0.2) is 4.99 Å². The third-order valence-corrected chi connectivity index (χ3v) is 3.81. The molecule has 0 amide bonds. The van der Waals surface area contributed by atoms with E-state index >= 15 is 0 Å². The second kappa shape index (κ2) is 12.4. The maximum absolute atomic E-state index is 5.69. The molecule has 0 unspecified atom stereocenters. The highest BCUT2D eigenvalue weighted by Gasteiger charge is 2.06. The number of aryl methyl sites for hydroxylation is 1. The number of nitrogens with one attached hydrogen (secondary N) is 2. The minimum atomic E-state index is 0. The Hall–Kier alpha value is -1.97. The lowest BCUT2D eigenvalue weighted by Crippen LogP contribution is -2.37. The average molecular weight is 487 g/mol. The summed E-state index contributed by atoms with van der Waals surface area (Å²) in [6, 6.07) is 7.91. The van der Waals surface area contributed by atoms with Crippen LogP contribution in [-0.2, 0) is 20.1 Å². The van der Waals surface area contributed by atoms with Crippen molar-refractivity contribution in [2.45, 2.75) is 33.4 Å². The molecule has 0 saturated carbocycles. The van der Waals surface area contributed by atoms with Gasteiger partial charge in [-0.2, -0.15) is 5.10 Å². The van der Waals surface area contributed by atoms with Crippen molar-refractivity contribution < 1.29 is 9.47 Å². The number of hydrogen-bond donors (Lipinski definition) is 2. The first-order valence-corrected chi connectivity index (χ1v) is 8.96. The van der Waals surface area contributed by atoms with Crippen LogP contribution >= 0.6 is 24.0 Å². The Bertz CT molecular complexity index is 718. The van der Waals surface area contributed by atoms with Crippen LogP contribution in [-0.4, -0.2) is 36.0 Å². The summed E-state index contributed by atoms with van der Waals surface area (Å²) in [5.41, 5.74) is 2.15. The van der Waals surface area contributed by atoms with Gasteiger partial charge in [-0.3, -0.25) is 4.68 Å². The number of hydrogen-bond acceptors (Lipinski definition) is 4. The van der Waals surface area contributed by atoms with Gasteiger partial charge in [0.1, 0.15) is 0 Å².